The van der Waals surface area contributed by atoms with Gasteiger partial charge in [0.2, 0.25) is 5.88 Å². The van der Waals surface area contributed by atoms with Crippen molar-refractivity contribution in [2.24, 2.45) is 0 Å². The van der Waals surface area contributed by atoms with Gasteiger partial charge in [-0.25, -0.2) is 14.2 Å². The van der Waals surface area contributed by atoms with Gasteiger partial charge in [-0.05, 0) is 34.1 Å². The summed E-state index contributed by atoms with van der Waals surface area (Å²) < 4.78 is 23.6. The Balaban J connectivity index is 2.23. The number of methoxy groups -OCH3 is 1. The van der Waals surface area contributed by atoms with Crippen molar-refractivity contribution >= 4 is 21.9 Å². The molecule has 0 amide bonds. The Bertz CT molecular complexity index is 619. The van der Waals surface area contributed by atoms with Crippen LogP contribution in [-0.4, -0.2) is 18.1 Å². The van der Waals surface area contributed by atoms with Gasteiger partial charge in [0, 0.05) is 18.3 Å². The van der Waals surface area contributed by atoms with E-state index in [0.717, 1.165) is 0 Å². The van der Waals surface area contributed by atoms with E-state index in [9.17, 15) is 9.18 Å². The molecule has 0 spiro atoms. The lowest BCUT2D eigenvalue weighted by Gasteiger charge is -2.06. The summed E-state index contributed by atoms with van der Waals surface area (Å²) in [6.45, 7) is 0. The van der Waals surface area contributed by atoms with Crippen molar-refractivity contribution in [1.29, 1.82) is 0 Å². The van der Waals surface area contributed by atoms with E-state index in [0.29, 0.717) is 10.0 Å². The van der Waals surface area contributed by atoms with Crippen LogP contribution in [0.4, 0.5) is 4.39 Å². The predicted molar refractivity (Wildman–Crippen MR) is 69.8 cm³/mol. The van der Waals surface area contributed by atoms with Gasteiger partial charge in [-0.1, -0.05) is 0 Å². The van der Waals surface area contributed by atoms with Crippen molar-refractivity contribution in [3.05, 3.63) is 52.4 Å². The quantitative estimate of drug-likeness (QED) is 0.809. The number of nitrogens with zero attached hydrogens (tertiary/aromatic N) is 1. The molecule has 98 valence electrons. The molecule has 4 nitrogen and oxygen atoms in total. The summed E-state index contributed by atoms with van der Waals surface area (Å²) in [6.07, 6.45) is 1.41. The molecule has 19 heavy (non-hydrogen) atoms. The summed E-state index contributed by atoms with van der Waals surface area (Å²) >= 11 is 3.05. The molecular weight excluding hydrogens is 317 g/mol. The highest BCUT2D eigenvalue weighted by atomic mass is 79.9. The lowest BCUT2D eigenvalue weighted by molar-refractivity contribution is 0.0600. The van der Waals surface area contributed by atoms with Gasteiger partial charge in [0.1, 0.15) is 11.6 Å². The number of pyridine rings is 1. The van der Waals surface area contributed by atoms with Crippen molar-refractivity contribution in [2.45, 2.75) is 0 Å². The molecule has 6 heteroatoms. The fraction of sp³-hybridized carbons (Fsp3) is 0.0769. The van der Waals surface area contributed by atoms with Crippen molar-refractivity contribution < 1.29 is 18.7 Å². The van der Waals surface area contributed by atoms with Gasteiger partial charge in [0.05, 0.1) is 17.1 Å². The lowest BCUT2D eigenvalue weighted by Crippen LogP contribution is -2.01. The molecule has 0 bridgehead atoms. The second-order valence-electron chi connectivity index (χ2n) is 3.55. The molecule has 0 N–H and O–H groups in total. The minimum absolute atomic E-state index is 0.185. The van der Waals surface area contributed by atoms with Crippen LogP contribution in [0.5, 0.6) is 11.6 Å². The van der Waals surface area contributed by atoms with Gasteiger partial charge in [0.15, 0.2) is 0 Å². The highest BCUT2D eigenvalue weighted by molar-refractivity contribution is 9.10. The molecule has 0 saturated heterocycles. The highest BCUT2D eigenvalue weighted by Gasteiger charge is 2.08. The molecule has 0 unspecified atom stereocenters. The molecular formula is C13H9BrFNO3. The van der Waals surface area contributed by atoms with Crippen LogP contribution in [0.15, 0.2) is 41.0 Å². The SMILES string of the molecule is COC(=O)c1ccnc(Oc2ccc(Br)c(F)c2)c1. The van der Waals surface area contributed by atoms with E-state index < -0.39 is 11.8 Å². The molecule has 0 radical (unpaired) electrons. The molecule has 0 fully saturated rings. The van der Waals surface area contributed by atoms with Crippen LogP contribution in [0.1, 0.15) is 10.4 Å². The third-order valence-corrected chi connectivity index (χ3v) is 2.91. The van der Waals surface area contributed by atoms with E-state index in [-0.39, 0.29) is 11.6 Å². The van der Waals surface area contributed by atoms with E-state index >= 15 is 0 Å². The standard InChI is InChI=1S/C13H9BrFNO3/c1-18-13(17)8-4-5-16-12(6-8)19-9-2-3-10(14)11(15)7-9/h2-7H,1H3. The Kier molecular flexibility index (Phi) is 4.11. The highest BCUT2D eigenvalue weighted by Crippen LogP contribution is 2.25. The fourth-order valence-corrected chi connectivity index (χ4v) is 1.62. The van der Waals surface area contributed by atoms with Crippen molar-refractivity contribution in [1.82, 2.24) is 4.98 Å². The molecule has 1 heterocycles. The molecule has 0 saturated carbocycles. The lowest BCUT2D eigenvalue weighted by atomic mass is 10.3. The number of aromatic nitrogens is 1. The average molecular weight is 326 g/mol. The Morgan fingerprint density at radius 3 is 2.79 bits per heavy atom. The second kappa shape index (κ2) is 5.79. The zero-order valence-electron chi connectivity index (χ0n) is 9.89. The Hall–Kier alpha value is -1.95. The summed E-state index contributed by atoms with van der Waals surface area (Å²) in [5.41, 5.74) is 0.310. The third kappa shape index (κ3) is 3.29. The number of halogens is 2. The molecule has 0 atom stereocenters. The zero-order valence-corrected chi connectivity index (χ0v) is 11.5. The van der Waals surface area contributed by atoms with E-state index in [1.165, 1.54) is 37.6 Å². The van der Waals surface area contributed by atoms with E-state index in [4.69, 9.17) is 4.74 Å². The summed E-state index contributed by atoms with van der Waals surface area (Å²) in [7, 11) is 1.29. The van der Waals surface area contributed by atoms with Crippen molar-refractivity contribution in [3.63, 3.8) is 0 Å². The van der Waals surface area contributed by atoms with Gasteiger partial charge < -0.3 is 9.47 Å². The molecule has 0 aliphatic heterocycles. The Morgan fingerprint density at radius 2 is 2.11 bits per heavy atom. The van der Waals surface area contributed by atoms with Crippen LogP contribution in [0, 0.1) is 5.82 Å². The molecule has 2 rings (SSSR count). The fourth-order valence-electron chi connectivity index (χ4n) is 1.37. The van der Waals surface area contributed by atoms with E-state index in [2.05, 4.69) is 25.7 Å². The number of carbonyl (C=O) groups excluding carboxylic acids is 1. The molecule has 0 aliphatic carbocycles. The summed E-state index contributed by atoms with van der Waals surface area (Å²) in [5.74, 6) is -0.462. The smallest absolute Gasteiger partial charge is 0.338 e. The predicted octanol–water partition coefficient (Wildman–Crippen LogP) is 3.56. The Morgan fingerprint density at radius 1 is 1.32 bits per heavy atom. The van der Waals surface area contributed by atoms with Crippen LogP contribution >= 0.6 is 15.9 Å². The van der Waals surface area contributed by atoms with Gasteiger partial charge in [-0.15, -0.1) is 0 Å². The topological polar surface area (TPSA) is 48.4 Å². The normalized spacial score (nSPS) is 10.1. The molecule has 1 aromatic heterocycles. The second-order valence-corrected chi connectivity index (χ2v) is 4.41. The van der Waals surface area contributed by atoms with Gasteiger partial charge in [-0.3, -0.25) is 0 Å². The van der Waals surface area contributed by atoms with Crippen LogP contribution in [0.25, 0.3) is 0 Å². The number of hydrogen-bond acceptors (Lipinski definition) is 4. The molecule has 2 aromatic rings. The molecule has 0 aliphatic rings. The zero-order chi connectivity index (χ0) is 13.8. The first kappa shape index (κ1) is 13.5. The monoisotopic (exact) mass is 325 g/mol. The number of ether oxygens (including phenoxy) is 2. The number of benzene rings is 1. The largest absolute Gasteiger partial charge is 0.465 e. The Labute approximate surface area is 117 Å². The number of esters is 1. The third-order valence-electron chi connectivity index (χ3n) is 2.27. The van der Waals surface area contributed by atoms with E-state index in [1.807, 2.05) is 0 Å². The van der Waals surface area contributed by atoms with Crippen molar-refractivity contribution in [2.75, 3.05) is 7.11 Å². The maximum Gasteiger partial charge on any atom is 0.338 e. The maximum absolute atomic E-state index is 13.3. The minimum Gasteiger partial charge on any atom is -0.465 e. The first-order valence-corrected chi connectivity index (χ1v) is 6.06. The molecule has 1 aromatic carbocycles. The van der Waals surface area contributed by atoms with Crippen LogP contribution in [0.3, 0.4) is 0 Å². The first-order chi connectivity index (χ1) is 9.10. The van der Waals surface area contributed by atoms with Gasteiger partial charge in [0.25, 0.3) is 0 Å². The number of carbonyl (C=O) groups is 1. The van der Waals surface area contributed by atoms with Crippen molar-refractivity contribution in [3.8, 4) is 11.6 Å². The summed E-state index contributed by atoms with van der Waals surface area (Å²) in [5, 5.41) is 0. The maximum atomic E-state index is 13.3. The number of hydrogen-bond donors (Lipinski definition) is 0. The van der Waals surface area contributed by atoms with Gasteiger partial charge >= 0.3 is 5.97 Å². The van der Waals surface area contributed by atoms with Crippen LogP contribution < -0.4 is 4.74 Å². The first-order valence-electron chi connectivity index (χ1n) is 5.27. The average Bonchev–Trinajstić information content (AvgIpc) is 2.42. The van der Waals surface area contributed by atoms with Crippen LogP contribution in [-0.2, 0) is 4.74 Å². The number of rotatable bonds is 3. The summed E-state index contributed by atoms with van der Waals surface area (Å²) in [4.78, 5) is 15.3. The van der Waals surface area contributed by atoms with Gasteiger partial charge in [-0.2, -0.15) is 0 Å². The summed E-state index contributed by atoms with van der Waals surface area (Å²) in [6, 6.07) is 7.25. The minimum atomic E-state index is -0.491. The van der Waals surface area contributed by atoms with E-state index in [1.54, 1.807) is 6.07 Å². The van der Waals surface area contributed by atoms with Crippen LogP contribution in [0.2, 0.25) is 0 Å².